The lowest BCUT2D eigenvalue weighted by Gasteiger charge is -2.24. The third kappa shape index (κ3) is 6.09. The van der Waals surface area contributed by atoms with Gasteiger partial charge in [-0.15, -0.1) is 0 Å². The Morgan fingerprint density at radius 2 is 1.53 bits per heavy atom. The number of carbonyl (C=O) groups is 1. The third-order valence-electron chi connectivity index (χ3n) is 5.76. The summed E-state index contributed by atoms with van der Waals surface area (Å²) in [6.07, 6.45) is 6.68. The first-order chi connectivity index (χ1) is 15.7. The smallest absolute Gasteiger partial charge is 0.254 e. The highest BCUT2D eigenvalue weighted by Gasteiger charge is 2.19. The van der Waals surface area contributed by atoms with Crippen LogP contribution >= 0.6 is 0 Å². The summed E-state index contributed by atoms with van der Waals surface area (Å²) in [7, 11) is 0. The van der Waals surface area contributed by atoms with Gasteiger partial charge in [-0.3, -0.25) is 4.79 Å². The molecule has 0 N–H and O–H groups in total. The van der Waals surface area contributed by atoms with Crippen LogP contribution in [-0.4, -0.2) is 35.5 Å². The highest BCUT2D eigenvalue weighted by atomic mass is 16.5. The molecule has 0 saturated carbocycles. The number of hydrogen-bond acceptors (Lipinski definition) is 3. The molecular weight excluding hydrogens is 396 g/mol. The van der Waals surface area contributed by atoms with Gasteiger partial charge in [-0.2, -0.15) is 0 Å². The summed E-state index contributed by atoms with van der Waals surface area (Å²) < 4.78 is 5.57. The second kappa shape index (κ2) is 12.2. The van der Waals surface area contributed by atoms with Crippen LogP contribution < -0.4 is 4.74 Å². The number of fused-ring (bicyclic) bond motifs is 1. The Bertz CT molecular complexity index is 988. The Labute approximate surface area is 192 Å². The van der Waals surface area contributed by atoms with Crippen molar-refractivity contribution in [2.45, 2.75) is 59.3 Å². The largest absolute Gasteiger partial charge is 0.494 e. The number of carbonyl (C=O) groups excluding carboxylic acids is 1. The van der Waals surface area contributed by atoms with Gasteiger partial charge >= 0.3 is 0 Å². The second-order valence-corrected chi connectivity index (χ2v) is 8.24. The molecule has 4 nitrogen and oxygen atoms in total. The molecule has 0 spiro atoms. The van der Waals surface area contributed by atoms with Gasteiger partial charge in [0, 0.05) is 24.0 Å². The van der Waals surface area contributed by atoms with Crippen LogP contribution in [0.1, 0.15) is 69.7 Å². The fourth-order valence-electron chi connectivity index (χ4n) is 3.98. The van der Waals surface area contributed by atoms with Gasteiger partial charge in [0.15, 0.2) is 0 Å². The van der Waals surface area contributed by atoms with E-state index in [0.717, 1.165) is 85.1 Å². The number of amides is 1. The van der Waals surface area contributed by atoms with Gasteiger partial charge in [-0.25, -0.2) is 4.98 Å². The molecule has 4 heteroatoms. The number of ether oxygens (including phenoxy) is 1. The molecule has 0 aliphatic rings. The van der Waals surface area contributed by atoms with E-state index in [9.17, 15) is 4.79 Å². The zero-order chi connectivity index (χ0) is 22.8. The molecule has 170 valence electrons. The van der Waals surface area contributed by atoms with E-state index in [1.165, 1.54) is 0 Å². The van der Waals surface area contributed by atoms with Crippen molar-refractivity contribution in [3.05, 3.63) is 60.2 Å². The number of aromatic nitrogens is 1. The molecule has 32 heavy (non-hydrogen) atoms. The maximum absolute atomic E-state index is 13.7. The van der Waals surface area contributed by atoms with E-state index in [0.29, 0.717) is 6.61 Å². The van der Waals surface area contributed by atoms with Crippen LogP contribution in [0.5, 0.6) is 5.75 Å². The van der Waals surface area contributed by atoms with E-state index in [-0.39, 0.29) is 5.91 Å². The number of hydrogen-bond donors (Lipinski definition) is 0. The van der Waals surface area contributed by atoms with Gasteiger partial charge in [0.05, 0.1) is 23.4 Å². The second-order valence-electron chi connectivity index (χ2n) is 8.24. The molecular formula is C28H36N2O2. The molecule has 1 aromatic heterocycles. The normalized spacial score (nSPS) is 11.0. The molecule has 0 radical (unpaired) electrons. The lowest BCUT2D eigenvalue weighted by Crippen LogP contribution is -2.33. The van der Waals surface area contributed by atoms with E-state index >= 15 is 0 Å². The lowest BCUT2D eigenvalue weighted by molar-refractivity contribution is 0.0751. The summed E-state index contributed by atoms with van der Waals surface area (Å²) in [6, 6.07) is 17.9. The first kappa shape index (κ1) is 23.8. The first-order valence-electron chi connectivity index (χ1n) is 12.1. The minimum atomic E-state index is 0.114. The van der Waals surface area contributed by atoms with Crippen LogP contribution in [0.25, 0.3) is 22.2 Å². The lowest BCUT2D eigenvalue weighted by atomic mass is 10.0. The van der Waals surface area contributed by atoms with Crippen LogP contribution in [0, 0.1) is 0 Å². The van der Waals surface area contributed by atoms with Crippen molar-refractivity contribution in [1.82, 2.24) is 9.88 Å². The zero-order valence-electron chi connectivity index (χ0n) is 19.8. The SMILES string of the molecule is CCCCCN(CCCCC)C(=O)c1cc(-c2ccc(OCC)cc2)nc2ccccc12. The number of benzene rings is 2. The summed E-state index contributed by atoms with van der Waals surface area (Å²) in [5.41, 5.74) is 3.39. The van der Waals surface area contributed by atoms with Crippen molar-refractivity contribution < 1.29 is 9.53 Å². The summed E-state index contributed by atoms with van der Waals surface area (Å²) in [5, 5.41) is 0.920. The maximum atomic E-state index is 13.7. The van der Waals surface area contributed by atoms with E-state index in [4.69, 9.17) is 9.72 Å². The predicted octanol–water partition coefficient (Wildman–Crippen LogP) is 7.12. The molecule has 0 saturated heterocycles. The van der Waals surface area contributed by atoms with Crippen LogP contribution in [0.3, 0.4) is 0 Å². The minimum absolute atomic E-state index is 0.114. The highest BCUT2D eigenvalue weighted by Crippen LogP contribution is 2.27. The van der Waals surface area contributed by atoms with Crippen LogP contribution in [0.4, 0.5) is 0 Å². The van der Waals surface area contributed by atoms with E-state index in [1.54, 1.807) is 0 Å². The number of rotatable bonds is 12. The van der Waals surface area contributed by atoms with Crippen LogP contribution in [0.15, 0.2) is 54.6 Å². The Balaban J connectivity index is 1.97. The van der Waals surface area contributed by atoms with Gasteiger partial charge in [0.25, 0.3) is 5.91 Å². The summed E-state index contributed by atoms with van der Waals surface area (Å²) in [4.78, 5) is 20.7. The average Bonchev–Trinajstić information content (AvgIpc) is 2.83. The van der Waals surface area contributed by atoms with Crippen molar-refractivity contribution in [3.63, 3.8) is 0 Å². The van der Waals surface area contributed by atoms with Gasteiger partial charge in [-0.05, 0) is 56.2 Å². The molecule has 0 atom stereocenters. The van der Waals surface area contributed by atoms with E-state index < -0.39 is 0 Å². The van der Waals surface area contributed by atoms with Crippen molar-refractivity contribution in [1.29, 1.82) is 0 Å². The molecule has 0 aliphatic heterocycles. The fraction of sp³-hybridized carbons (Fsp3) is 0.429. The number of nitrogens with zero attached hydrogens (tertiary/aromatic N) is 2. The molecule has 3 aromatic rings. The number of unbranched alkanes of at least 4 members (excludes halogenated alkanes) is 4. The third-order valence-corrected chi connectivity index (χ3v) is 5.76. The van der Waals surface area contributed by atoms with Crippen LogP contribution in [0.2, 0.25) is 0 Å². The molecule has 0 aliphatic carbocycles. The van der Waals surface area contributed by atoms with E-state index in [2.05, 4.69) is 18.7 Å². The average molecular weight is 433 g/mol. The minimum Gasteiger partial charge on any atom is -0.494 e. The molecule has 0 bridgehead atoms. The maximum Gasteiger partial charge on any atom is 0.254 e. The monoisotopic (exact) mass is 432 g/mol. The van der Waals surface area contributed by atoms with Crippen molar-refractivity contribution in [2.75, 3.05) is 19.7 Å². The molecule has 0 unspecified atom stereocenters. The summed E-state index contributed by atoms with van der Waals surface area (Å²) >= 11 is 0. The Kier molecular flexibility index (Phi) is 9.09. The number of pyridine rings is 1. The molecule has 1 heterocycles. The highest BCUT2D eigenvalue weighted by molar-refractivity contribution is 6.07. The van der Waals surface area contributed by atoms with Crippen molar-refractivity contribution in [2.24, 2.45) is 0 Å². The Morgan fingerprint density at radius 3 is 2.16 bits per heavy atom. The Morgan fingerprint density at radius 1 is 0.875 bits per heavy atom. The van der Waals surface area contributed by atoms with Gasteiger partial charge in [-0.1, -0.05) is 57.7 Å². The number of para-hydroxylation sites is 1. The van der Waals surface area contributed by atoms with Crippen LogP contribution in [-0.2, 0) is 0 Å². The zero-order valence-corrected chi connectivity index (χ0v) is 19.8. The quantitative estimate of drug-likeness (QED) is 0.286. The van der Waals surface area contributed by atoms with E-state index in [1.807, 2.05) is 61.5 Å². The molecule has 1 amide bonds. The topological polar surface area (TPSA) is 42.4 Å². The van der Waals surface area contributed by atoms with Crippen molar-refractivity contribution in [3.8, 4) is 17.0 Å². The predicted molar refractivity (Wildman–Crippen MR) is 133 cm³/mol. The standard InChI is InChI=1S/C28H36N2O2/c1-4-7-11-19-30(20-12-8-5-2)28(31)25-21-27(29-26-14-10-9-13-24(25)26)22-15-17-23(18-16-22)32-6-3/h9-10,13-18,21H,4-8,11-12,19-20H2,1-3H3. The van der Waals surface area contributed by atoms with Crippen molar-refractivity contribution >= 4 is 16.8 Å². The summed E-state index contributed by atoms with van der Waals surface area (Å²) in [6.45, 7) is 8.63. The fourth-order valence-corrected chi connectivity index (χ4v) is 3.98. The van der Waals surface area contributed by atoms with Gasteiger partial charge < -0.3 is 9.64 Å². The Hall–Kier alpha value is -2.88. The molecule has 3 rings (SSSR count). The summed E-state index contributed by atoms with van der Waals surface area (Å²) in [5.74, 6) is 0.953. The molecule has 0 fully saturated rings. The first-order valence-corrected chi connectivity index (χ1v) is 12.1. The molecule has 2 aromatic carbocycles. The van der Waals surface area contributed by atoms with Gasteiger partial charge in [0.2, 0.25) is 0 Å². The van der Waals surface area contributed by atoms with Gasteiger partial charge in [0.1, 0.15) is 5.75 Å².